The van der Waals surface area contributed by atoms with E-state index in [9.17, 15) is 27.3 Å². The molecule has 6 nitrogen and oxygen atoms in total. The molecule has 1 N–H and O–H groups in total. The summed E-state index contributed by atoms with van der Waals surface area (Å²) in [6.45, 7) is 0. The number of thiophene rings is 1. The van der Waals surface area contributed by atoms with Gasteiger partial charge >= 0.3 is 5.69 Å². The fourth-order valence-electron chi connectivity index (χ4n) is 1.42. The van der Waals surface area contributed by atoms with E-state index in [0.717, 1.165) is 11.3 Å². The molecule has 2 aromatic rings. The number of nitrogens with one attached hydrogen (secondary N) is 1. The summed E-state index contributed by atoms with van der Waals surface area (Å²) < 4.78 is 52.8. The van der Waals surface area contributed by atoms with E-state index in [0.29, 0.717) is 6.07 Å². The lowest BCUT2D eigenvalue weighted by atomic mass is 10.2. The van der Waals surface area contributed by atoms with Crippen LogP contribution < -0.4 is 4.72 Å². The van der Waals surface area contributed by atoms with Gasteiger partial charge in [-0.05, 0) is 27.4 Å². The summed E-state index contributed by atoms with van der Waals surface area (Å²) >= 11 is 3.88. The molecule has 0 saturated carbocycles. The summed E-state index contributed by atoms with van der Waals surface area (Å²) in [5.41, 5.74) is -1.73. The highest BCUT2D eigenvalue weighted by Gasteiger charge is 2.24. The number of hydrogen-bond donors (Lipinski definition) is 1. The average Bonchev–Trinajstić information content (AvgIpc) is 2.79. The van der Waals surface area contributed by atoms with Gasteiger partial charge in [-0.3, -0.25) is 14.8 Å². The number of nitro groups is 1. The Hall–Kier alpha value is -1.59. The largest absolute Gasteiger partial charge is 0.307 e. The molecule has 0 radical (unpaired) electrons. The SMILES string of the molecule is O=[N+]([O-])c1cc(NS(=O)(=O)c2sccc2Br)c(F)cc1F. The van der Waals surface area contributed by atoms with E-state index in [2.05, 4.69) is 15.9 Å². The van der Waals surface area contributed by atoms with Crippen LogP contribution in [0.1, 0.15) is 0 Å². The van der Waals surface area contributed by atoms with E-state index >= 15 is 0 Å². The first-order valence-electron chi connectivity index (χ1n) is 5.11. The average molecular weight is 399 g/mol. The lowest BCUT2D eigenvalue weighted by Crippen LogP contribution is -2.13. The standard InChI is InChI=1S/C10H5BrF2N2O4S2/c11-5-1-2-20-10(5)21(18,19)14-8-4-9(15(16)17)7(13)3-6(8)12/h1-4,14H. The Morgan fingerprint density at radius 1 is 1.29 bits per heavy atom. The molecule has 0 spiro atoms. The van der Waals surface area contributed by atoms with Crippen molar-refractivity contribution >= 4 is 48.7 Å². The van der Waals surface area contributed by atoms with Crippen LogP contribution in [-0.2, 0) is 10.0 Å². The van der Waals surface area contributed by atoms with Crippen molar-refractivity contribution in [1.29, 1.82) is 0 Å². The van der Waals surface area contributed by atoms with Crippen LogP contribution in [-0.4, -0.2) is 13.3 Å². The Morgan fingerprint density at radius 2 is 1.95 bits per heavy atom. The predicted molar refractivity (Wildman–Crippen MR) is 75.8 cm³/mol. The lowest BCUT2D eigenvalue weighted by molar-refractivity contribution is -0.387. The molecule has 0 bridgehead atoms. The van der Waals surface area contributed by atoms with Gasteiger partial charge in [-0.25, -0.2) is 12.8 Å². The van der Waals surface area contributed by atoms with Crippen LogP contribution in [0.2, 0.25) is 0 Å². The van der Waals surface area contributed by atoms with Crippen molar-refractivity contribution < 1.29 is 22.1 Å². The Kier molecular flexibility index (Phi) is 4.25. The van der Waals surface area contributed by atoms with Gasteiger partial charge in [0.2, 0.25) is 5.82 Å². The van der Waals surface area contributed by atoms with Gasteiger partial charge in [0.05, 0.1) is 10.6 Å². The minimum atomic E-state index is -4.14. The molecule has 21 heavy (non-hydrogen) atoms. The van der Waals surface area contributed by atoms with Gasteiger partial charge in [-0.2, -0.15) is 4.39 Å². The van der Waals surface area contributed by atoms with Gasteiger partial charge in [0.25, 0.3) is 10.0 Å². The van der Waals surface area contributed by atoms with Crippen LogP contribution in [0.15, 0.2) is 32.3 Å². The molecule has 1 aromatic carbocycles. The number of benzene rings is 1. The molecule has 0 amide bonds. The normalized spacial score (nSPS) is 11.4. The van der Waals surface area contributed by atoms with E-state index in [1.54, 1.807) is 0 Å². The third kappa shape index (κ3) is 3.19. The third-order valence-electron chi connectivity index (χ3n) is 2.31. The zero-order chi connectivity index (χ0) is 15.8. The van der Waals surface area contributed by atoms with Crippen molar-refractivity contribution in [1.82, 2.24) is 0 Å². The van der Waals surface area contributed by atoms with E-state index in [1.807, 2.05) is 4.72 Å². The molecule has 0 fully saturated rings. The lowest BCUT2D eigenvalue weighted by Gasteiger charge is -2.08. The molecule has 0 unspecified atom stereocenters. The van der Waals surface area contributed by atoms with Crippen molar-refractivity contribution in [3.05, 3.63) is 49.8 Å². The van der Waals surface area contributed by atoms with Gasteiger partial charge in [-0.1, -0.05) is 0 Å². The van der Waals surface area contributed by atoms with E-state index < -0.39 is 38.0 Å². The van der Waals surface area contributed by atoms with Crippen LogP contribution in [0.3, 0.4) is 0 Å². The third-order valence-corrected chi connectivity index (χ3v) is 6.34. The highest BCUT2D eigenvalue weighted by atomic mass is 79.9. The minimum Gasteiger partial charge on any atom is -0.276 e. The summed E-state index contributed by atoms with van der Waals surface area (Å²) in [7, 11) is -4.14. The first-order chi connectivity index (χ1) is 9.72. The van der Waals surface area contributed by atoms with Crippen LogP contribution in [0.4, 0.5) is 20.2 Å². The fourth-order valence-corrected chi connectivity index (χ4v) is 4.82. The molecule has 0 aliphatic rings. The summed E-state index contributed by atoms with van der Waals surface area (Å²) in [5.74, 6) is -2.65. The Balaban J connectivity index is 2.47. The van der Waals surface area contributed by atoms with Crippen molar-refractivity contribution in [3.8, 4) is 0 Å². The molecule has 0 atom stereocenters. The monoisotopic (exact) mass is 398 g/mol. The number of sulfonamides is 1. The van der Waals surface area contributed by atoms with Crippen LogP contribution in [0.5, 0.6) is 0 Å². The Labute approximate surface area is 129 Å². The number of nitrogens with zero attached hydrogens (tertiary/aromatic N) is 1. The molecule has 1 aromatic heterocycles. The Morgan fingerprint density at radius 3 is 2.48 bits per heavy atom. The molecule has 112 valence electrons. The number of hydrogen-bond acceptors (Lipinski definition) is 5. The van der Waals surface area contributed by atoms with Crippen molar-refractivity contribution in [2.75, 3.05) is 4.72 Å². The molecule has 1 heterocycles. The zero-order valence-corrected chi connectivity index (χ0v) is 13.1. The summed E-state index contributed by atoms with van der Waals surface area (Å²) in [4.78, 5) is 9.52. The Bertz CT molecular complexity index is 822. The van der Waals surface area contributed by atoms with Crippen LogP contribution >= 0.6 is 27.3 Å². The van der Waals surface area contributed by atoms with Crippen molar-refractivity contribution in [2.24, 2.45) is 0 Å². The van der Waals surface area contributed by atoms with Crippen molar-refractivity contribution in [3.63, 3.8) is 0 Å². The summed E-state index contributed by atoms with van der Waals surface area (Å²) in [6, 6.07) is 2.21. The molecular weight excluding hydrogens is 394 g/mol. The maximum Gasteiger partial charge on any atom is 0.307 e. The second-order valence-electron chi connectivity index (χ2n) is 3.70. The number of nitro benzene ring substituents is 1. The van der Waals surface area contributed by atoms with E-state index in [4.69, 9.17) is 0 Å². The molecule has 0 saturated heterocycles. The molecular formula is C10H5BrF2N2O4S2. The second-order valence-corrected chi connectivity index (χ2v) is 7.35. The van der Waals surface area contributed by atoms with Gasteiger partial charge in [-0.15, -0.1) is 11.3 Å². The number of halogens is 3. The van der Waals surface area contributed by atoms with Gasteiger partial charge in [0.15, 0.2) is 10.0 Å². The maximum absolute atomic E-state index is 13.6. The number of anilines is 1. The quantitative estimate of drug-likeness (QED) is 0.630. The molecule has 2 rings (SSSR count). The summed E-state index contributed by atoms with van der Waals surface area (Å²) in [6.07, 6.45) is 0. The summed E-state index contributed by atoms with van der Waals surface area (Å²) in [5, 5.41) is 12.1. The van der Waals surface area contributed by atoms with Crippen LogP contribution in [0.25, 0.3) is 0 Å². The van der Waals surface area contributed by atoms with Gasteiger partial charge in [0, 0.05) is 16.6 Å². The van der Waals surface area contributed by atoms with E-state index in [-0.39, 0.29) is 14.7 Å². The molecule has 11 heteroatoms. The number of rotatable bonds is 4. The smallest absolute Gasteiger partial charge is 0.276 e. The first-order valence-corrected chi connectivity index (χ1v) is 8.27. The first kappa shape index (κ1) is 15.8. The van der Waals surface area contributed by atoms with Crippen molar-refractivity contribution in [2.45, 2.75) is 4.21 Å². The molecule has 0 aliphatic heterocycles. The zero-order valence-electron chi connectivity index (χ0n) is 9.84. The molecule has 0 aliphatic carbocycles. The van der Waals surface area contributed by atoms with E-state index in [1.165, 1.54) is 11.4 Å². The predicted octanol–water partition coefficient (Wildman–Crippen LogP) is 3.50. The second kappa shape index (κ2) is 5.66. The highest BCUT2D eigenvalue weighted by molar-refractivity contribution is 9.10. The van der Waals surface area contributed by atoms with Gasteiger partial charge in [0.1, 0.15) is 0 Å². The topological polar surface area (TPSA) is 89.3 Å². The van der Waals surface area contributed by atoms with Crippen LogP contribution in [0, 0.1) is 21.7 Å². The highest BCUT2D eigenvalue weighted by Crippen LogP contribution is 2.31. The maximum atomic E-state index is 13.6. The van der Waals surface area contributed by atoms with Gasteiger partial charge < -0.3 is 0 Å². The minimum absolute atomic E-state index is 0.131. The fraction of sp³-hybridized carbons (Fsp3) is 0.